The number of rotatable bonds is 0. The Hall–Kier alpha value is -0.900. The maximum absolute atomic E-state index is 12.9. The van der Waals surface area contributed by atoms with Gasteiger partial charge in [0.15, 0.2) is 11.4 Å². The molecule has 12 heavy (non-hydrogen) atoms. The van der Waals surface area contributed by atoms with Crippen LogP contribution in [0, 0.1) is 11.6 Å². The molecule has 0 bridgehead atoms. The molecule has 0 aliphatic heterocycles. The Morgan fingerprint density at radius 3 is 2.75 bits per heavy atom. The van der Waals surface area contributed by atoms with Crippen molar-refractivity contribution in [2.45, 2.75) is 0 Å². The van der Waals surface area contributed by atoms with Crippen molar-refractivity contribution in [3.63, 3.8) is 0 Å². The van der Waals surface area contributed by atoms with Crippen LogP contribution in [0.5, 0.6) is 0 Å². The van der Waals surface area contributed by atoms with Gasteiger partial charge in [0, 0.05) is 5.39 Å². The van der Waals surface area contributed by atoms with Crippen molar-refractivity contribution < 1.29 is 13.2 Å². The zero-order valence-electron chi connectivity index (χ0n) is 5.77. The van der Waals surface area contributed by atoms with E-state index in [0.717, 1.165) is 6.07 Å². The SMILES string of the molecule is Fc1ccc2c(Br)coc2c1F. The molecule has 4 heteroatoms. The Morgan fingerprint density at radius 1 is 1.25 bits per heavy atom. The minimum Gasteiger partial charge on any atom is -0.460 e. The second kappa shape index (κ2) is 2.55. The average Bonchev–Trinajstić information content (AvgIpc) is 2.41. The lowest BCUT2D eigenvalue weighted by atomic mass is 10.2. The van der Waals surface area contributed by atoms with Crippen LogP contribution in [0.4, 0.5) is 8.78 Å². The van der Waals surface area contributed by atoms with Crippen LogP contribution in [0.3, 0.4) is 0 Å². The summed E-state index contributed by atoms with van der Waals surface area (Å²) in [6, 6.07) is 2.53. The molecule has 0 amide bonds. The summed E-state index contributed by atoms with van der Waals surface area (Å²) in [6.07, 6.45) is 1.33. The van der Waals surface area contributed by atoms with E-state index < -0.39 is 11.6 Å². The molecule has 0 unspecified atom stereocenters. The fourth-order valence-electron chi connectivity index (χ4n) is 1.01. The zero-order valence-corrected chi connectivity index (χ0v) is 7.36. The third-order valence-corrected chi connectivity index (χ3v) is 2.20. The molecule has 1 aromatic carbocycles. The highest BCUT2D eigenvalue weighted by molar-refractivity contribution is 9.10. The second-order valence-electron chi connectivity index (χ2n) is 2.32. The van der Waals surface area contributed by atoms with Gasteiger partial charge in [-0.05, 0) is 28.1 Å². The topological polar surface area (TPSA) is 13.1 Å². The molecule has 2 rings (SSSR count). The summed E-state index contributed by atoms with van der Waals surface area (Å²) in [5.74, 6) is -1.84. The molecule has 0 saturated heterocycles. The molecule has 0 fully saturated rings. The van der Waals surface area contributed by atoms with Crippen LogP contribution in [0.1, 0.15) is 0 Å². The van der Waals surface area contributed by atoms with Crippen LogP contribution in [0.15, 0.2) is 27.3 Å². The predicted molar refractivity (Wildman–Crippen MR) is 43.8 cm³/mol. The van der Waals surface area contributed by atoms with Crippen LogP contribution in [0.25, 0.3) is 11.0 Å². The number of furan rings is 1. The van der Waals surface area contributed by atoms with Crippen molar-refractivity contribution in [2.24, 2.45) is 0 Å². The maximum Gasteiger partial charge on any atom is 0.201 e. The minimum absolute atomic E-state index is 0.0538. The Kier molecular flexibility index (Phi) is 1.65. The maximum atomic E-state index is 12.9. The molecule has 0 radical (unpaired) electrons. The third kappa shape index (κ3) is 0.948. The van der Waals surface area contributed by atoms with E-state index in [9.17, 15) is 8.78 Å². The lowest BCUT2D eigenvalue weighted by molar-refractivity contribution is 0.491. The number of hydrogen-bond donors (Lipinski definition) is 0. The Morgan fingerprint density at radius 2 is 2.00 bits per heavy atom. The molecule has 1 aromatic heterocycles. The van der Waals surface area contributed by atoms with Crippen LogP contribution in [-0.4, -0.2) is 0 Å². The Balaban J connectivity index is 2.93. The molecular weight excluding hydrogens is 230 g/mol. The van der Waals surface area contributed by atoms with E-state index in [4.69, 9.17) is 4.42 Å². The van der Waals surface area contributed by atoms with E-state index >= 15 is 0 Å². The predicted octanol–water partition coefficient (Wildman–Crippen LogP) is 3.47. The summed E-state index contributed by atoms with van der Waals surface area (Å²) in [6.45, 7) is 0. The summed E-state index contributed by atoms with van der Waals surface area (Å²) in [4.78, 5) is 0. The lowest BCUT2D eigenvalue weighted by Crippen LogP contribution is -1.82. The van der Waals surface area contributed by atoms with Gasteiger partial charge in [0.25, 0.3) is 0 Å². The molecule has 62 valence electrons. The smallest absolute Gasteiger partial charge is 0.201 e. The van der Waals surface area contributed by atoms with Gasteiger partial charge in [-0.1, -0.05) is 0 Å². The van der Waals surface area contributed by atoms with Crippen LogP contribution < -0.4 is 0 Å². The molecule has 0 atom stereocenters. The highest BCUT2D eigenvalue weighted by atomic mass is 79.9. The van der Waals surface area contributed by atoms with Gasteiger partial charge >= 0.3 is 0 Å². The van der Waals surface area contributed by atoms with Crippen LogP contribution in [-0.2, 0) is 0 Å². The fourth-order valence-corrected chi connectivity index (χ4v) is 1.42. The minimum atomic E-state index is -0.946. The number of halogens is 3. The van der Waals surface area contributed by atoms with Crippen molar-refractivity contribution in [1.82, 2.24) is 0 Å². The Bertz CT molecular complexity index is 436. The molecular formula is C8H3BrF2O. The number of fused-ring (bicyclic) bond motifs is 1. The van der Waals surface area contributed by atoms with Crippen LogP contribution >= 0.6 is 15.9 Å². The van der Waals surface area contributed by atoms with Gasteiger partial charge < -0.3 is 4.42 Å². The first-order valence-corrected chi connectivity index (χ1v) is 4.00. The monoisotopic (exact) mass is 232 g/mol. The van der Waals surface area contributed by atoms with Gasteiger partial charge in [-0.3, -0.25) is 0 Å². The van der Waals surface area contributed by atoms with E-state index in [0.29, 0.717) is 9.86 Å². The molecule has 0 aliphatic carbocycles. The Labute approximate surface area is 75.1 Å². The lowest BCUT2D eigenvalue weighted by Gasteiger charge is -1.92. The first-order chi connectivity index (χ1) is 5.70. The largest absolute Gasteiger partial charge is 0.460 e. The van der Waals surface area contributed by atoms with E-state index in [1.54, 1.807) is 0 Å². The van der Waals surface area contributed by atoms with Crippen molar-refractivity contribution >= 4 is 26.9 Å². The second-order valence-corrected chi connectivity index (χ2v) is 3.18. The van der Waals surface area contributed by atoms with Crippen molar-refractivity contribution in [1.29, 1.82) is 0 Å². The number of benzene rings is 1. The van der Waals surface area contributed by atoms with Gasteiger partial charge in [-0.15, -0.1) is 0 Å². The molecule has 1 heterocycles. The molecule has 0 N–H and O–H groups in total. The van der Waals surface area contributed by atoms with Crippen LogP contribution in [0.2, 0.25) is 0 Å². The molecule has 2 aromatic rings. The summed E-state index contributed by atoms with van der Waals surface area (Å²) < 4.78 is 30.9. The summed E-state index contributed by atoms with van der Waals surface area (Å²) in [5, 5.41) is 0.536. The normalized spacial score (nSPS) is 10.9. The third-order valence-electron chi connectivity index (χ3n) is 1.59. The van der Waals surface area contributed by atoms with Gasteiger partial charge in [0.05, 0.1) is 4.47 Å². The first kappa shape index (κ1) is 7.73. The summed E-state index contributed by atoms with van der Waals surface area (Å²) >= 11 is 3.14. The molecule has 0 spiro atoms. The number of hydrogen-bond acceptors (Lipinski definition) is 1. The van der Waals surface area contributed by atoms with Gasteiger partial charge in [0.2, 0.25) is 5.82 Å². The quantitative estimate of drug-likeness (QED) is 0.678. The van der Waals surface area contributed by atoms with Gasteiger partial charge in [-0.25, -0.2) is 4.39 Å². The van der Waals surface area contributed by atoms with E-state index in [2.05, 4.69) is 15.9 Å². The fraction of sp³-hybridized carbons (Fsp3) is 0. The highest BCUT2D eigenvalue weighted by Crippen LogP contribution is 2.28. The zero-order chi connectivity index (χ0) is 8.72. The standard InChI is InChI=1S/C8H3BrF2O/c9-5-3-12-8-4(5)1-2-6(10)7(8)11/h1-3H. The molecule has 1 nitrogen and oxygen atoms in total. The van der Waals surface area contributed by atoms with E-state index in [1.165, 1.54) is 12.3 Å². The highest BCUT2D eigenvalue weighted by Gasteiger charge is 2.11. The average molecular weight is 233 g/mol. The molecule has 0 saturated carbocycles. The van der Waals surface area contributed by atoms with E-state index in [-0.39, 0.29) is 5.58 Å². The molecule has 0 aliphatic rings. The van der Waals surface area contributed by atoms with Crippen molar-refractivity contribution in [3.8, 4) is 0 Å². The first-order valence-electron chi connectivity index (χ1n) is 3.21. The van der Waals surface area contributed by atoms with Crippen molar-refractivity contribution in [3.05, 3.63) is 34.5 Å². The van der Waals surface area contributed by atoms with Gasteiger partial charge in [-0.2, -0.15) is 4.39 Å². The van der Waals surface area contributed by atoms with E-state index in [1.807, 2.05) is 0 Å². The summed E-state index contributed by atoms with van der Waals surface area (Å²) in [5.41, 5.74) is -0.0538. The van der Waals surface area contributed by atoms with Gasteiger partial charge in [0.1, 0.15) is 6.26 Å². The summed E-state index contributed by atoms with van der Waals surface area (Å²) in [7, 11) is 0. The van der Waals surface area contributed by atoms with Crippen molar-refractivity contribution in [2.75, 3.05) is 0 Å².